The molecule has 2 atom stereocenters. The van der Waals surface area contributed by atoms with Crippen molar-refractivity contribution in [3.8, 4) is 0 Å². The van der Waals surface area contributed by atoms with Gasteiger partial charge < -0.3 is 15.9 Å². The number of aliphatic carboxylic acids is 2. The lowest BCUT2D eigenvalue weighted by Crippen LogP contribution is -2.41. The number of nitrogens with two attached hydrogens (primary N) is 1. The monoisotopic (exact) mass is 161 g/mol. The van der Waals surface area contributed by atoms with Crippen molar-refractivity contribution < 1.29 is 19.8 Å². The van der Waals surface area contributed by atoms with E-state index < -0.39 is 23.9 Å². The summed E-state index contributed by atoms with van der Waals surface area (Å²) in [5.41, 5.74) is 5.09. The smallest absolute Gasteiger partial charge is 0.321 e. The Morgan fingerprint density at radius 3 is 1.91 bits per heavy atom. The summed E-state index contributed by atoms with van der Waals surface area (Å²) in [5.74, 6) is -3.44. The molecule has 0 amide bonds. The maximum absolute atomic E-state index is 10.3. The zero-order chi connectivity index (χ0) is 9.02. The molecule has 1 unspecified atom stereocenters. The quantitative estimate of drug-likeness (QED) is 0.516. The van der Waals surface area contributed by atoms with Crippen LogP contribution in [0, 0.1) is 5.92 Å². The third kappa shape index (κ3) is 2.55. The van der Waals surface area contributed by atoms with Crippen LogP contribution in [-0.2, 0) is 9.59 Å². The lowest BCUT2D eigenvalue weighted by molar-refractivity contribution is -0.150. The van der Waals surface area contributed by atoms with Crippen molar-refractivity contribution in [1.82, 2.24) is 0 Å². The number of carboxylic acid groups (broad SMARTS) is 2. The molecule has 0 aliphatic carbocycles. The Balaban J connectivity index is 4.25. The Kier molecular flexibility index (Phi) is 3.53. The molecule has 0 aliphatic rings. The minimum Gasteiger partial charge on any atom is -0.481 e. The predicted molar refractivity (Wildman–Crippen MR) is 37.0 cm³/mol. The van der Waals surface area contributed by atoms with E-state index in [0.717, 1.165) is 0 Å². The molecule has 0 aromatic carbocycles. The van der Waals surface area contributed by atoms with Gasteiger partial charge >= 0.3 is 11.9 Å². The van der Waals surface area contributed by atoms with Gasteiger partial charge in [-0.05, 0) is 6.42 Å². The van der Waals surface area contributed by atoms with Crippen LogP contribution in [0.2, 0.25) is 0 Å². The van der Waals surface area contributed by atoms with Gasteiger partial charge in [0.15, 0.2) is 0 Å². The molecule has 0 aliphatic heterocycles. The molecule has 0 rings (SSSR count). The molecule has 0 bridgehead atoms. The molecule has 0 spiro atoms. The number of rotatable bonds is 4. The molecule has 0 heterocycles. The van der Waals surface area contributed by atoms with Crippen molar-refractivity contribution in [3.63, 3.8) is 0 Å². The van der Waals surface area contributed by atoms with Crippen LogP contribution < -0.4 is 5.73 Å². The normalized spacial score (nSPS) is 15.5. The van der Waals surface area contributed by atoms with Gasteiger partial charge in [0.2, 0.25) is 0 Å². The summed E-state index contributed by atoms with van der Waals surface area (Å²) in [5, 5.41) is 16.8. The minimum atomic E-state index is -1.31. The van der Waals surface area contributed by atoms with Gasteiger partial charge in [-0.15, -0.1) is 0 Å². The van der Waals surface area contributed by atoms with Gasteiger partial charge in [-0.3, -0.25) is 9.59 Å². The summed E-state index contributed by atoms with van der Waals surface area (Å²) < 4.78 is 0. The summed E-state index contributed by atoms with van der Waals surface area (Å²) in [4.78, 5) is 20.5. The van der Waals surface area contributed by atoms with E-state index in [1.165, 1.54) is 0 Å². The Morgan fingerprint density at radius 2 is 1.82 bits per heavy atom. The lowest BCUT2D eigenvalue weighted by Gasteiger charge is -2.13. The molecule has 0 fully saturated rings. The Bertz CT molecular complexity index is 168. The van der Waals surface area contributed by atoms with Crippen LogP contribution in [0.3, 0.4) is 0 Å². The van der Waals surface area contributed by atoms with Gasteiger partial charge in [0.1, 0.15) is 6.04 Å². The van der Waals surface area contributed by atoms with E-state index in [2.05, 4.69) is 0 Å². The maximum atomic E-state index is 10.3. The van der Waals surface area contributed by atoms with Crippen molar-refractivity contribution in [2.75, 3.05) is 0 Å². The summed E-state index contributed by atoms with van der Waals surface area (Å²) >= 11 is 0. The van der Waals surface area contributed by atoms with Crippen LogP contribution in [0.25, 0.3) is 0 Å². The second-order valence-corrected chi connectivity index (χ2v) is 2.22. The Morgan fingerprint density at radius 1 is 1.36 bits per heavy atom. The lowest BCUT2D eigenvalue weighted by atomic mass is 9.98. The third-order valence-electron chi connectivity index (χ3n) is 1.48. The van der Waals surface area contributed by atoms with Crippen LogP contribution >= 0.6 is 0 Å². The highest BCUT2D eigenvalue weighted by molar-refractivity contribution is 5.82. The fourth-order valence-electron chi connectivity index (χ4n) is 0.754. The summed E-state index contributed by atoms with van der Waals surface area (Å²) in [6.07, 6.45) is 0.225. The van der Waals surface area contributed by atoms with Gasteiger partial charge in [0.05, 0.1) is 5.92 Å². The molecule has 64 valence electrons. The van der Waals surface area contributed by atoms with Gasteiger partial charge in [-0.25, -0.2) is 0 Å². The Hall–Kier alpha value is -1.10. The zero-order valence-electron chi connectivity index (χ0n) is 6.15. The molecule has 0 aromatic heterocycles. The first kappa shape index (κ1) is 9.90. The molecule has 0 saturated carbocycles. The maximum Gasteiger partial charge on any atom is 0.321 e. The molecular weight excluding hydrogens is 150 g/mol. The number of hydrogen-bond donors (Lipinski definition) is 3. The van der Waals surface area contributed by atoms with E-state index in [9.17, 15) is 9.59 Å². The summed E-state index contributed by atoms with van der Waals surface area (Å²) in [6, 6.07) is -1.31. The molecule has 4 N–H and O–H groups in total. The second kappa shape index (κ2) is 3.92. The molecule has 0 radical (unpaired) electrons. The fourth-order valence-corrected chi connectivity index (χ4v) is 0.754. The van der Waals surface area contributed by atoms with E-state index in [0.29, 0.717) is 0 Å². The average Bonchev–Trinajstić information content (AvgIpc) is 1.88. The number of carboxylic acids is 2. The third-order valence-corrected chi connectivity index (χ3v) is 1.48. The van der Waals surface area contributed by atoms with Crippen LogP contribution in [0.1, 0.15) is 13.3 Å². The highest BCUT2D eigenvalue weighted by atomic mass is 16.4. The number of carbonyl (C=O) groups is 2. The van der Waals surface area contributed by atoms with Crippen molar-refractivity contribution in [2.45, 2.75) is 19.4 Å². The molecule has 11 heavy (non-hydrogen) atoms. The van der Waals surface area contributed by atoms with E-state index in [-0.39, 0.29) is 6.42 Å². The van der Waals surface area contributed by atoms with E-state index in [4.69, 9.17) is 15.9 Å². The number of hydrogen-bond acceptors (Lipinski definition) is 3. The molecule has 0 saturated heterocycles. The first-order chi connectivity index (χ1) is 5.00. The molecule has 5 heteroatoms. The molecule has 0 aromatic rings. The van der Waals surface area contributed by atoms with Crippen molar-refractivity contribution in [3.05, 3.63) is 0 Å². The SMILES string of the molecule is CCC(C(=O)O)[C@@H](N)C(=O)O. The van der Waals surface area contributed by atoms with Gasteiger partial charge in [0, 0.05) is 0 Å². The van der Waals surface area contributed by atoms with Crippen molar-refractivity contribution in [2.24, 2.45) is 11.7 Å². The van der Waals surface area contributed by atoms with Crippen molar-refractivity contribution >= 4 is 11.9 Å². The topological polar surface area (TPSA) is 101 Å². The highest BCUT2D eigenvalue weighted by Crippen LogP contribution is 2.06. The van der Waals surface area contributed by atoms with Crippen LogP contribution in [-0.4, -0.2) is 28.2 Å². The molecular formula is C6H11NO4. The van der Waals surface area contributed by atoms with Gasteiger partial charge in [-0.2, -0.15) is 0 Å². The largest absolute Gasteiger partial charge is 0.481 e. The van der Waals surface area contributed by atoms with E-state index in [1.54, 1.807) is 6.92 Å². The van der Waals surface area contributed by atoms with E-state index in [1.807, 2.05) is 0 Å². The van der Waals surface area contributed by atoms with Crippen LogP contribution in [0.5, 0.6) is 0 Å². The van der Waals surface area contributed by atoms with Crippen molar-refractivity contribution in [1.29, 1.82) is 0 Å². The first-order valence-electron chi connectivity index (χ1n) is 3.21. The van der Waals surface area contributed by atoms with Crippen LogP contribution in [0.15, 0.2) is 0 Å². The summed E-state index contributed by atoms with van der Waals surface area (Å²) in [6.45, 7) is 1.58. The zero-order valence-corrected chi connectivity index (χ0v) is 6.15. The Labute approximate surface area is 63.8 Å². The predicted octanol–water partition coefficient (Wildman–Crippen LogP) is -0.491. The molecule has 5 nitrogen and oxygen atoms in total. The highest BCUT2D eigenvalue weighted by Gasteiger charge is 2.28. The van der Waals surface area contributed by atoms with E-state index >= 15 is 0 Å². The van der Waals surface area contributed by atoms with Gasteiger partial charge in [-0.1, -0.05) is 6.92 Å². The summed E-state index contributed by atoms with van der Waals surface area (Å²) in [7, 11) is 0. The average molecular weight is 161 g/mol. The standard InChI is InChI=1S/C6H11NO4/c1-2-3(5(8)9)4(7)6(10)11/h3-4H,2,7H2,1H3,(H,8,9)(H,10,11)/t3?,4-/m1/s1. The minimum absolute atomic E-state index is 0.225. The fraction of sp³-hybridized carbons (Fsp3) is 0.667. The second-order valence-electron chi connectivity index (χ2n) is 2.22. The van der Waals surface area contributed by atoms with Gasteiger partial charge in [0.25, 0.3) is 0 Å². The van der Waals surface area contributed by atoms with Crippen LogP contribution in [0.4, 0.5) is 0 Å². The first-order valence-corrected chi connectivity index (χ1v) is 3.21.